The fourth-order valence-electron chi connectivity index (χ4n) is 3.73. The number of amides is 2. The fourth-order valence-corrected chi connectivity index (χ4v) is 4.08. The quantitative estimate of drug-likeness (QED) is 0.549. The average Bonchev–Trinajstić information content (AvgIpc) is 3.32. The molecule has 1 aliphatic rings. The van der Waals surface area contributed by atoms with E-state index in [9.17, 15) is 22.4 Å². The van der Waals surface area contributed by atoms with Gasteiger partial charge in [-0.1, -0.05) is 42.5 Å². The van der Waals surface area contributed by atoms with Crippen molar-refractivity contribution in [1.82, 2.24) is 14.5 Å². The average molecular weight is 492 g/mol. The second-order valence-corrected chi connectivity index (χ2v) is 10.4. The number of halogens is 1. The number of nitrogens with one attached hydrogen (secondary N) is 1. The van der Waals surface area contributed by atoms with Crippen molar-refractivity contribution in [3.8, 4) is 0 Å². The van der Waals surface area contributed by atoms with Crippen LogP contribution in [-0.2, 0) is 30.9 Å². The molecule has 0 unspecified atom stereocenters. The molecule has 0 aromatic heterocycles. The van der Waals surface area contributed by atoms with Crippen LogP contribution in [0.25, 0.3) is 0 Å². The van der Waals surface area contributed by atoms with Gasteiger partial charge in [0.25, 0.3) is 0 Å². The minimum Gasteiger partial charge on any atom is -0.376 e. The maximum Gasteiger partial charge on any atom is 0.247 e. The lowest BCUT2D eigenvalue weighted by atomic mass is 10.0. The molecular weight excluding hydrogens is 461 g/mol. The smallest absolute Gasteiger partial charge is 0.247 e. The molecule has 2 aromatic rings. The Hall–Kier alpha value is -2.82. The Kier molecular flexibility index (Phi) is 8.76. The first-order valence-corrected chi connectivity index (χ1v) is 12.9. The van der Waals surface area contributed by atoms with Gasteiger partial charge in [-0.3, -0.25) is 9.59 Å². The summed E-state index contributed by atoms with van der Waals surface area (Å²) in [6, 6.07) is 13.4. The van der Waals surface area contributed by atoms with Gasteiger partial charge >= 0.3 is 0 Å². The molecule has 2 aromatic carbocycles. The molecule has 2 amide bonds. The van der Waals surface area contributed by atoms with Crippen molar-refractivity contribution in [3.05, 3.63) is 71.5 Å². The first-order valence-electron chi connectivity index (χ1n) is 11.0. The van der Waals surface area contributed by atoms with Gasteiger partial charge in [0.1, 0.15) is 11.9 Å². The monoisotopic (exact) mass is 491 g/mol. The molecule has 0 saturated carbocycles. The summed E-state index contributed by atoms with van der Waals surface area (Å²) in [6.45, 7) is 0.506. The molecule has 1 saturated heterocycles. The first-order chi connectivity index (χ1) is 16.1. The molecular formula is C24H30FN3O5S. The molecule has 1 heterocycles. The van der Waals surface area contributed by atoms with Crippen molar-refractivity contribution in [3.63, 3.8) is 0 Å². The number of hydrogen-bond donors (Lipinski definition) is 1. The summed E-state index contributed by atoms with van der Waals surface area (Å²) in [5.74, 6) is -1.38. The standard InChI is InChI=1S/C24H30FN3O5S/c1-27(34(2,31)32)17-22(29)28(16-18-10-12-20(25)13-11-18)23(19-7-4-3-5-8-19)24(30)26-15-21-9-6-14-33-21/h3-5,7-8,10-13,21,23H,6,9,14-17H2,1-2H3,(H,26,30)/t21-,23+/m1/s1. The van der Waals surface area contributed by atoms with Crippen molar-refractivity contribution >= 4 is 21.8 Å². The summed E-state index contributed by atoms with van der Waals surface area (Å²) >= 11 is 0. The summed E-state index contributed by atoms with van der Waals surface area (Å²) in [5.41, 5.74) is 1.18. The molecule has 1 N–H and O–H groups in total. The number of carbonyl (C=O) groups excluding carboxylic acids is 2. The van der Waals surface area contributed by atoms with Crippen LogP contribution in [0.4, 0.5) is 4.39 Å². The van der Waals surface area contributed by atoms with Crippen molar-refractivity contribution in [1.29, 1.82) is 0 Å². The van der Waals surface area contributed by atoms with Gasteiger partial charge in [-0.25, -0.2) is 12.8 Å². The third-order valence-corrected chi connectivity index (χ3v) is 6.98. The maximum atomic E-state index is 13.5. The van der Waals surface area contributed by atoms with E-state index >= 15 is 0 Å². The molecule has 0 bridgehead atoms. The molecule has 10 heteroatoms. The Morgan fingerprint density at radius 1 is 1.15 bits per heavy atom. The van der Waals surface area contributed by atoms with Gasteiger partial charge < -0.3 is 15.0 Å². The minimum absolute atomic E-state index is 0.0103. The van der Waals surface area contributed by atoms with Gasteiger partial charge in [-0.05, 0) is 36.1 Å². The third kappa shape index (κ3) is 7.09. The lowest BCUT2D eigenvalue weighted by Gasteiger charge is -2.33. The van der Waals surface area contributed by atoms with Crippen molar-refractivity contribution < 1.29 is 27.1 Å². The van der Waals surface area contributed by atoms with E-state index in [4.69, 9.17) is 4.74 Å². The van der Waals surface area contributed by atoms with Gasteiger partial charge in [-0.2, -0.15) is 4.31 Å². The Morgan fingerprint density at radius 2 is 1.82 bits per heavy atom. The fraction of sp³-hybridized carbons (Fsp3) is 0.417. The molecule has 0 aliphatic carbocycles. The van der Waals surface area contributed by atoms with Gasteiger partial charge in [0.2, 0.25) is 21.8 Å². The van der Waals surface area contributed by atoms with Crippen LogP contribution in [0.1, 0.15) is 30.0 Å². The van der Waals surface area contributed by atoms with Crippen LogP contribution in [0.3, 0.4) is 0 Å². The zero-order valence-corrected chi connectivity index (χ0v) is 20.1. The number of ether oxygens (including phenoxy) is 1. The predicted molar refractivity (Wildman–Crippen MR) is 126 cm³/mol. The van der Waals surface area contributed by atoms with E-state index in [1.807, 2.05) is 0 Å². The Labute approximate surface area is 199 Å². The Bertz CT molecular complexity index is 1070. The van der Waals surface area contributed by atoms with E-state index in [0.29, 0.717) is 24.3 Å². The van der Waals surface area contributed by atoms with Gasteiger partial charge in [0.05, 0.1) is 18.9 Å². The zero-order valence-electron chi connectivity index (χ0n) is 19.3. The van der Waals surface area contributed by atoms with E-state index in [2.05, 4.69) is 5.32 Å². The molecule has 34 heavy (non-hydrogen) atoms. The van der Waals surface area contributed by atoms with Crippen molar-refractivity contribution in [2.24, 2.45) is 0 Å². The number of sulfonamides is 1. The summed E-state index contributed by atoms with van der Waals surface area (Å²) in [7, 11) is -2.32. The lowest BCUT2D eigenvalue weighted by Crippen LogP contribution is -2.48. The number of hydrogen-bond acceptors (Lipinski definition) is 5. The predicted octanol–water partition coefficient (Wildman–Crippen LogP) is 2.08. The molecule has 1 aliphatic heterocycles. The highest BCUT2D eigenvalue weighted by Crippen LogP contribution is 2.25. The van der Waals surface area contributed by atoms with E-state index < -0.39 is 40.2 Å². The second-order valence-electron chi connectivity index (χ2n) is 8.36. The number of rotatable bonds is 10. The van der Waals surface area contributed by atoms with Gasteiger partial charge in [0.15, 0.2) is 0 Å². The Balaban J connectivity index is 1.93. The van der Waals surface area contributed by atoms with Crippen LogP contribution in [0, 0.1) is 5.82 Å². The van der Waals surface area contributed by atoms with Crippen LogP contribution in [0.15, 0.2) is 54.6 Å². The number of likely N-dealkylation sites (N-methyl/N-ethyl adjacent to an activating group) is 1. The highest BCUT2D eigenvalue weighted by Gasteiger charge is 2.33. The largest absolute Gasteiger partial charge is 0.376 e. The normalized spacial score (nSPS) is 16.9. The molecule has 0 spiro atoms. The van der Waals surface area contributed by atoms with Crippen LogP contribution < -0.4 is 5.32 Å². The van der Waals surface area contributed by atoms with E-state index in [1.165, 1.54) is 36.2 Å². The SMILES string of the molecule is CN(CC(=O)N(Cc1ccc(F)cc1)[C@H](C(=O)NC[C@H]1CCCO1)c1ccccc1)S(C)(=O)=O. The summed E-state index contributed by atoms with van der Waals surface area (Å²) in [5, 5.41) is 2.89. The maximum absolute atomic E-state index is 13.5. The summed E-state index contributed by atoms with van der Waals surface area (Å²) in [4.78, 5) is 28.1. The minimum atomic E-state index is -3.62. The molecule has 2 atom stereocenters. The van der Waals surface area contributed by atoms with E-state index in [-0.39, 0.29) is 12.6 Å². The topological polar surface area (TPSA) is 96.0 Å². The highest BCUT2D eigenvalue weighted by atomic mass is 32.2. The van der Waals surface area contributed by atoms with E-state index in [0.717, 1.165) is 23.4 Å². The van der Waals surface area contributed by atoms with Gasteiger partial charge in [0, 0.05) is 26.7 Å². The number of nitrogens with zero attached hydrogens (tertiary/aromatic N) is 2. The van der Waals surface area contributed by atoms with Gasteiger partial charge in [-0.15, -0.1) is 0 Å². The van der Waals surface area contributed by atoms with Crippen LogP contribution >= 0.6 is 0 Å². The number of benzene rings is 2. The highest BCUT2D eigenvalue weighted by molar-refractivity contribution is 7.88. The van der Waals surface area contributed by atoms with Crippen molar-refractivity contribution in [2.75, 3.05) is 33.0 Å². The Morgan fingerprint density at radius 3 is 2.41 bits per heavy atom. The van der Waals surface area contributed by atoms with E-state index in [1.54, 1.807) is 30.3 Å². The molecule has 0 radical (unpaired) electrons. The van der Waals surface area contributed by atoms with Crippen LogP contribution in [-0.4, -0.2) is 68.5 Å². The molecule has 8 nitrogen and oxygen atoms in total. The third-order valence-electron chi connectivity index (χ3n) is 5.71. The van der Waals surface area contributed by atoms with Crippen molar-refractivity contribution in [2.45, 2.75) is 31.5 Å². The first kappa shape index (κ1) is 25.8. The van der Waals surface area contributed by atoms with Crippen LogP contribution in [0.5, 0.6) is 0 Å². The zero-order chi connectivity index (χ0) is 24.7. The lowest BCUT2D eigenvalue weighted by molar-refractivity contribution is -0.141. The molecule has 1 fully saturated rings. The number of carbonyl (C=O) groups is 2. The second kappa shape index (κ2) is 11.5. The molecule has 184 valence electrons. The molecule has 3 rings (SSSR count). The summed E-state index contributed by atoms with van der Waals surface area (Å²) in [6.07, 6.45) is 2.69. The van der Waals surface area contributed by atoms with Crippen LogP contribution in [0.2, 0.25) is 0 Å². The summed E-state index contributed by atoms with van der Waals surface area (Å²) < 4.78 is 43.8.